The Morgan fingerprint density at radius 2 is 1.81 bits per heavy atom. The predicted octanol–water partition coefficient (Wildman–Crippen LogP) is 5.23. The molecular formula is C32H37N5O4S2. The van der Waals surface area contributed by atoms with Crippen LogP contribution in [0.15, 0.2) is 46.2 Å². The molecule has 1 aromatic carbocycles. The number of carbonyl (C=O) groups excluding carboxylic acids is 1. The number of hydrogen-bond donors (Lipinski definition) is 0. The van der Waals surface area contributed by atoms with Crippen LogP contribution in [-0.2, 0) is 11.3 Å². The average Bonchev–Trinajstić information content (AvgIpc) is 3.58. The lowest BCUT2D eigenvalue weighted by Crippen LogP contribution is -2.47. The Bertz CT molecular complexity index is 1630. The summed E-state index contributed by atoms with van der Waals surface area (Å²) in [5, 5.41) is 0. The fraction of sp³-hybridized carbons (Fsp3) is 0.438. The van der Waals surface area contributed by atoms with Gasteiger partial charge in [0.1, 0.15) is 15.8 Å². The molecular weight excluding hydrogens is 583 g/mol. The highest BCUT2D eigenvalue weighted by Gasteiger charge is 2.33. The van der Waals surface area contributed by atoms with E-state index in [0.29, 0.717) is 45.9 Å². The van der Waals surface area contributed by atoms with E-state index in [0.717, 1.165) is 56.0 Å². The number of aryl methyl sites for hydroxylation is 1. The first-order valence-corrected chi connectivity index (χ1v) is 16.3. The number of anilines is 1. The van der Waals surface area contributed by atoms with Crippen LogP contribution in [0.4, 0.5) is 5.82 Å². The third-order valence-electron chi connectivity index (χ3n) is 8.21. The number of fused-ring (bicyclic) bond motifs is 2. The van der Waals surface area contributed by atoms with E-state index in [-0.39, 0.29) is 18.3 Å². The molecule has 2 fully saturated rings. The molecule has 0 radical (unpaired) electrons. The number of pyridine rings is 1. The minimum absolute atomic E-state index is 0.126. The second-order valence-electron chi connectivity index (χ2n) is 11.2. The van der Waals surface area contributed by atoms with Crippen molar-refractivity contribution in [3.05, 3.63) is 68.5 Å². The van der Waals surface area contributed by atoms with Gasteiger partial charge in [0.15, 0.2) is 11.5 Å². The molecule has 3 aliphatic rings. The molecule has 0 saturated carbocycles. The average molecular weight is 620 g/mol. The first-order chi connectivity index (χ1) is 20.9. The van der Waals surface area contributed by atoms with Gasteiger partial charge in [-0.25, -0.2) is 4.98 Å². The molecule has 0 N–H and O–H groups in total. The molecule has 3 aromatic rings. The van der Waals surface area contributed by atoms with E-state index in [1.54, 1.807) is 21.6 Å². The molecule has 6 rings (SSSR count). The van der Waals surface area contributed by atoms with Crippen molar-refractivity contribution in [2.45, 2.75) is 52.5 Å². The van der Waals surface area contributed by atoms with Crippen LogP contribution in [0.2, 0.25) is 0 Å². The molecule has 2 saturated heterocycles. The Morgan fingerprint density at radius 3 is 2.63 bits per heavy atom. The molecule has 9 nitrogen and oxygen atoms in total. The lowest BCUT2D eigenvalue weighted by Gasteiger charge is -2.36. The maximum absolute atomic E-state index is 13.9. The van der Waals surface area contributed by atoms with Gasteiger partial charge in [-0.05, 0) is 48.7 Å². The molecule has 2 aromatic heterocycles. The molecule has 0 aliphatic carbocycles. The summed E-state index contributed by atoms with van der Waals surface area (Å²) in [6.07, 6.45) is 8.98. The Balaban J connectivity index is 1.23. The SMILES string of the molecule is CCCCCCCN1C(=O)C(=Cc2c(N3CCN(Cc4ccc5c(c4)OCO5)CC3)nc3c(C)cccn3c2=O)SC1=S. The molecule has 5 heterocycles. The van der Waals surface area contributed by atoms with E-state index in [2.05, 4.69) is 22.8 Å². The van der Waals surface area contributed by atoms with Crippen LogP contribution < -0.4 is 19.9 Å². The number of benzene rings is 1. The van der Waals surface area contributed by atoms with Crippen LogP contribution in [0.3, 0.4) is 0 Å². The topological polar surface area (TPSA) is 79.6 Å². The summed E-state index contributed by atoms with van der Waals surface area (Å²) in [4.78, 5) is 39.1. The van der Waals surface area contributed by atoms with Gasteiger partial charge in [0.25, 0.3) is 11.5 Å². The summed E-state index contributed by atoms with van der Waals surface area (Å²) in [5.74, 6) is 2.07. The molecule has 226 valence electrons. The predicted molar refractivity (Wildman–Crippen MR) is 175 cm³/mol. The highest BCUT2D eigenvalue weighted by Crippen LogP contribution is 2.35. The number of piperazine rings is 1. The van der Waals surface area contributed by atoms with Gasteiger partial charge in [-0.15, -0.1) is 0 Å². The van der Waals surface area contributed by atoms with Crippen LogP contribution in [0, 0.1) is 6.92 Å². The fourth-order valence-corrected chi connectivity index (χ4v) is 7.07. The van der Waals surface area contributed by atoms with Gasteiger partial charge in [-0.1, -0.05) is 68.7 Å². The highest BCUT2D eigenvalue weighted by atomic mass is 32.2. The summed E-state index contributed by atoms with van der Waals surface area (Å²) in [6.45, 7) is 8.85. The standard InChI is InChI=1S/C32H37N5O4S2/c1-3-4-5-6-7-12-37-31(39)27(43-32(37)42)19-24-29(33-28-22(2)9-8-13-36(28)30(24)38)35-16-14-34(15-17-35)20-23-10-11-25-26(18-23)41-21-40-25/h8-11,13,18-19H,3-7,12,14-17,20-21H2,1-2H3. The maximum atomic E-state index is 13.9. The summed E-state index contributed by atoms with van der Waals surface area (Å²) in [5.41, 5.74) is 2.96. The van der Waals surface area contributed by atoms with E-state index >= 15 is 0 Å². The molecule has 11 heteroatoms. The molecule has 0 atom stereocenters. The van der Waals surface area contributed by atoms with Crippen molar-refractivity contribution < 1.29 is 14.3 Å². The van der Waals surface area contributed by atoms with Gasteiger partial charge in [-0.2, -0.15) is 0 Å². The zero-order valence-electron chi connectivity index (χ0n) is 24.7. The van der Waals surface area contributed by atoms with Crippen LogP contribution in [0.1, 0.15) is 55.7 Å². The summed E-state index contributed by atoms with van der Waals surface area (Å²) in [6, 6.07) is 9.89. The number of nitrogens with zero attached hydrogens (tertiary/aromatic N) is 5. The highest BCUT2D eigenvalue weighted by molar-refractivity contribution is 8.26. The van der Waals surface area contributed by atoms with E-state index in [1.165, 1.54) is 30.2 Å². The lowest BCUT2D eigenvalue weighted by molar-refractivity contribution is -0.122. The third-order valence-corrected chi connectivity index (χ3v) is 9.59. The second-order valence-corrected chi connectivity index (χ2v) is 12.9. The van der Waals surface area contributed by atoms with Crippen LogP contribution in [0.5, 0.6) is 11.5 Å². The van der Waals surface area contributed by atoms with Crippen molar-refractivity contribution in [1.29, 1.82) is 0 Å². The summed E-state index contributed by atoms with van der Waals surface area (Å²) in [7, 11) is 0. The van der Waals surface area contributed by atoms with Crippen molar-refractivity contribution in [3.8, 4) is 11.5 Å². The lowest BCUT2D eigenvalue weighted by atomic mass is 10.1. The number of hydrogen-bond acceptors (Lipinski definition) is 9. The van der Waals surface area contributed by atoms with Crippen molar-refractivity contribution in [3.63, 3.8) is 0 Å². The molecule has 43 heavy (non-hydrogen) atoms. The Morgan fingerprint density at radius 1 is 1.02 bits per heavy atom. The number of aromatic nitrogens is 2. The van der Waals surface area contributed by atoms with Crippen molar-refractivity contribution in [2.24, 2.45) is 0 Å². The largest absolute Gasteiger partial charge is 0.454 e. The third kappa shape index (κ3) is 6.30. The number of thioether (sulfide) groups is 1. The first-order valence-electron chi connectivity index (χ1n) is 15.1. The second kappa shape index (κ2) is 13.1. The minimum atomic E-state index is -0.184. The Kier molecular flexibility index (Phi) is 9.01. The van der Waals surface area contributed by atoms with E-state index < -0.39 is 0 Å². The summed E-state index contributed by atoms with van der Waals surface area (Å²) < 4.78 is 13.1. The van der Waals surface area contributed by atoms with E-state index in [9.17, 15) is 9.59 Å². The Labute approximate surface area is 261 Å². The number of ether oxygens (including phenoxy) is 2. The van der Waals surface area contributed by atoms with Gasteiger partial charge >= 0.3 is 0 Å². The van der Waals surface area contributed by atoms with Gasteiger partial charge in [0, 0.05) is 45.5 Å². The Hall–Kier alpha value is -3.41. The minimum Gasteiger partial charge on any atom is -0.454 e. The monoisotopic (exact) mass is 619 g/mol. The van der Waals surface area contributed by atoms with Gasteiger partial charge in [-0.3, -0.25) is 23.8 Å². The van der Waals surface area contributed by atoms with E-state index in [4.69, 9.17) is 26.7 Å². The smallest absolute Gasteiger partial charge is 0.267 e. The quantitative estimate of drug-likeness (QED) is 0.172. The van der Waals surface area contributed by atoms with Crippen LogP contribution in [-0.4, -0.2) is 68.9 Å². The number of carbonyl (C=O) groups is 1. The van der Waals surface area contributed by atoms with Crippen molar-refractivity contribution >= 4 is 51.7 Å². The normalized spacial score (nSPS) is 18.0. The van der Waals surface area contributed by atoms with Crippen LogP contribution in [0.25, 0.3) is 11.7 Å². The maximum Gasteiger partial charge on any atom is 0.267 e. The zero-order chi connectivity index (χ0) is 29.9. The van der Waals surface area contributed by atoms with Crippen molar-refractivity contribution in [1.82, 2.24) is 19.2 Å². The zero-order valence-corrected chi connectivity index (χ0v) is 26.3. The van der Waals surface area contributed by atoms with Gasteiger partial charge < -0.3 is 14.4 Å². The fourth-order valence-electron chi connectivity index (χ4n) is 5.78. The number of thiocarbonyl (C=S) groups is 1. The number of amides is 1. The van der Waals surface area contributed by atoms with E-state index in [1.807, 2.05) is 31.2 Å². The van der Waals surface area contributed by atoms with Gasteiger partial charge in [0.05, 0.1) is 10.5 Å². The molecule has 0 spiro atoms. The summed E-state index contributed by atoms with van der Waals surface area (Å²) >= 11 is 6.86. The van der Waals surface area contributed by atoms with Crippen LogP contribution >= 0.6 is 24.0 Å². The first kappa shape index (κ1) is 29.7. The molecule has 0 unspecified atom stereocenters. The molecule has 0 bridgehead atoms. The van der Waals surface area contributed by atoms with Crippen molar-refractivity contribution in [2.75, 3.05) is 44.4 Å². The number of rotatable bonds is 10. The number of unbranched alkanes of at least 4 members (excludes halogenated alkanes) is 4. The molecule has 1 amide bonds. The molecule has 3 aliphatic heterocycles. The van der Waals surface area contributed by atoms with Gasteiger partial charge in [0.2, 0.25) is 6.79 Å².